The predicted octanol–water partition coefficient (Wildman–Crippen LogP) is 2.25. The zero-order chi connectivity index (χ0) is 10.7. The summed E-state index contributed by atoms with van der Waals surface area (Å²) in [6.45, 7) is 0.781. The van der Waals surface area contributed by atoms with Gasteiger partial charge < -0.3 is 14.4 Å². The Kier molecular flexibility index (Phi) is 2.63. The average Bonchev–Trinajstić information content (AvgIpc) is 2.73. The van der Waals surface area contributed by atoms with E-state index < -0.39 is 0 Å². The summed E-state index contributed by atoms with van der Waals surface area (Å²) < 4.78 is 7.11. The molecule has 1 aromatic carbocycles. The van der Waals surface area contributed by atoms with Gasteiger partial charge in [-0.2, -0.15) is 0 Å². The zero-order valence-electron chi connectivity index (χ0n) is 8.55. The Morgan fingerprint density at radius 3 is 2.67 bits per heavy atom. The number of aromatic nitrogens is 1. The lowest BCUT2D eigenvalue weighted by atomic mass is 10.2. The fraction of sp³-hybridized carbons (Fsp3) is 0.167. The Bertz CT molecular complexity index is 435. The molecule has 0 bridgehead atoms. The standard InChI is InChI=1S/C12H13NO2/c1-15-12-8-10(4-5-11(12)14)9-13-6-2-3-7-13/h2-8,14H,9H2,1H3. The van der Waals surface area contributed by atoms with Gasteiger partial charge in [0, 0.05) is 18.9 Å². The van der Waals surface area contributed by atoms with Crippen LogP contribution < -0.4 is 4.74 Å². The molecule has 0 atom stereocenters. The lowest BCUT2D eigenvalue weighted by Gasteiger charge is -2.07. The predicted molar refractivity (Wildman–Crippen MR) is 58.2 cm³/mol. The van der Waals surface area contributed by atoms with E-state index in [2.05, 4.69) is 4.57 Å². The molecule has 3 heteroatoms. The number of phenols is 1. The van der Waals surface area contributed by atoms with E-state index in [4.69, 9.17) is 4.74 Å². The summed E-state index contributed by atoms with van der Waals surface area (Å²) in [5.74, 6) is 0.688. The highest BCUT2D eigenvalue weighted by Crippen LogP contribution is 2.26. The third-order valence-electron chi connectivity index (χ3n) is 2.28. The second-order valence-corrected chi connectivity index (χ2v) is 3.36. The number of rotatable bonds is 3. The lowest BCUT2D eigenvalue weighted by Crippen LogP contribution is -1.96. The summed E-state index contributed by atoms with van der Waals surface area (Å²) in [6.07, 6.45) is 4.00. The number of nitrogens with zero attached hydrogens (tertiary/aromatic N) is 1. The second-order valence-electron chi connectivity index (χ2n) is 3.36. The Morgan fingerprint density at radius 2 is 2.00 bits per heavy atom. The number of benzene rings is 1. The number of methoxy groups -OCH3 is 1. The number of phenolic OH excluding ortho intramolecular Hbond substituents is 1. The Labute approximate surface area is 88.5 Å². The van der Waals surface area contributed by atoms with Crippen LogP contribution in [0.2, 0.25) is 0 Å². The van der Waals surface area contributed by atoms with Gasteiger partial charge in [-0.05, 0) is 29.8 Å². The molecule has 0 aliphatic rings. The normalized spacial score (nSPS) is 10.2. The molecule has 2 rings (SSSR count). The highest BCUT2D eigenvalue weighted by atomic mass is 16.5. The van der Waals surface area contributed by atoms with Crippen LogP contribution in [0.4, 0.5) is 0 Å². The topological polar surface area (TPSA) is 34.4 Å². The third-order valence-corrected chi connectivity index (χ3v) is 2.28. The van der Waals surface area contributed by atoms with E-state index in [0.717, 1.165) is 12.1 Å². The van der Waals surface area contributed by atoms with Crippen molar-refractivity contribution in [3.05, 3.63) is 48.3 Å². The molecule has 0 fully saturated rings. The van der Waals surface area contributed by atoms with Gasteiger partial charge in [-0.3, -0.25) is 0 Å². The fourth-order valence-corrected chi connectivity index (χ4v) is 1.51. The molecule has 0 saturated carbocycles. The van der Waals surface area contributed by atoms with Crippen LogP contribution in [0.1, 0.15) is 5.56 Å². The molecule has 15 heavy (non-hydrogen) atoms. The average molecular weight is 203 g/mol. The molecule has 0 aliphatic heterocycles. The van der Waals surface area contributed by atoms with Crippen molar-refractivity contribution in [1.82, 2.24) is 4.57 Å². The van der Waals surface area contributed by atoms with E-state index in [0.29, 0.717) is 5.75 Å². The summed E-state index contributed by atoms with van der Waals surface area (Å²) in [5, 5.41) is 9.43. The van der Waals surface area contributed by atoms with Crippen LogP contribution in [-0.4, -0.2) is 16.8 Å². The molecule has 0 amide bonds. The molecule has 1 aromatic heterocycles. The van der Waals surface area contributed by atoms with E-state index >= 15 is 0 Å². The van der Waals surface area contributed by atoms with Gasteiger partial charge in [0.1, 0.15) is 0 Å². The second kappa shape index (κ2) is 4.09. The van der Waals surface area contributed by atoms with Crippen molar-refractivity contribution in [3.8, 4) is 11.5 Å². The molecule has 0 aliphatic carbocycles. The van der Waals surface area contributed by atoms with Gasteiger partial charge in [-0.15, -0.1) is 0 Å². The van der Waals surface area contributed by atoms with Crippen molar-refractivity contribution in [2.45, 2.75) is 6.54 Å². The zero-order valence-corrected chi connectivity index (χ0v) is 8.55. The molecule has 0 spiro atoms. The van der Waals surface area contributed by atoms with Crippen LogP contribution in [0.25, 0.3) is 0 Å². The maximum absolute atomic E-state index is 9.43. The van der Waals surface area contributed by atoms with E-state index in [9.17, 15) is 5.11 Å². The number of ether oxygens (including phenoxy) is 1. The van der Waals surface area contributed by atoms with Crippen molar-refractivity contribution in [2.75, 3.05) is 7.11 Å². The minimum atomic E-state index is 0.175. The Balaban J connectivity index is 2.22. The minimum Gasteiger partial charge on any atom is -0.504 e. The number of hydrogen-bond acceptors (Lipinski definition) is 2. The van der Waals surface area contributed by atoms with Gasteiger partial charge >= 0.3 is 0 Å². The lowest BCUT2D eigenvalue weighted by molar-refractivity contribution is 0.373. The molecule has 0 radical (unpaired) electrons. The van der Waals surface area contributed by atoms with Gasteiger partial charge in [0.25, 0.3) is 0 Å². The summed E-state index contributed by atoms with van der Waals surface area (Å²) in [7, 11) is 1.55. The monoisotopic (exact) mass is 203 g/mol. The van der Waals surface area contributed by atoms with Crippen LogP contribution in [0, 0.1) is 0 Å². The summed E-state index contributed by atoms with van der Waals surface area (Å²) in [6, 6.07) is 9.35. The molecule has 3 nitrogen and oxygen atoms in total. The molecule has 1 heterocycles. The largest absolute Gasteiger partial charge is 0.504 e. The first kappa shape index (κ1) is 9.65. The van der Waals surface area contributed by atoms with E-state index in [1.807, 2.05) is 36.7 Å². The van der Waals surface area contributed by atoms with Gasteiger partial charge in [0.15, 0.2) is 11.5 Å². The quantitative estimate of drug-likeness (QED) is 0.830. The van der Waals surface area contributed by atoms with Gasteiger partial charge in [-0.1, -0.05) is 6.07 Å². The van der Waals surface area contributed by atoms with Gasteiger partial charge in [-0.25, -0.2) is 0 Å². The van der Waals surface area contributed by atoms with Crippen molar-refractivity contribution >= 4 is 0 Å². The molecular formula is C12H13NO2. The first-order valence-corrected chi connectivity index (χ1v) is 4.76. The van der Waals surface area contributed by atoms with Crippen molar-refractivity contribution in [1.29, 1.82) is 0 Å². The molecular weight excluding hydrogens is 190 g/mol. The van der Waals surface area contributed by atoms with Crippen LogP contribution in [0.3, 0.4) is 0 Å². The summed E-state index contributed by atoms with van der Waals surface area (Å²) >= 11 is 0. The maximum atomic E-state index is 9.43. The maximum Gasteiger partial charge on any atom is 0.160 e. The fourth-order valence-electron chi connectivity index (χ4n) is 1.51. The minimum absolute atomic E-state index is 0.175. The first-order chi connectivity index (χ1) is 7.29. The van der Waals surface area contributed by atoms with Crippen molar-refractivity contribution in [2.24, 2.45) is 0 Å². The molecule has 2 aromatic rings. The van der Waals surface area contributed by atoms with Gasteiger partial charge in [0.05, 0.1) is 7.11 Å². The Hall–Kier alpha value is -1.90. The van der Waals surface area contributed by atoms with Crippen molar-refractivity contribution in [3.63, 3.8) is 0 Å². The smallest absolute Gasteiger partial charge is 0.160 e. The van der Waals surface area contributed by atoms with Crippen LogP contribution >= 0.6 is 0 Å². The molecule has 0 saturated heterocycles. The Morgan fingerprint density at radius 1 is 1.27 bits per heavy atom. The van der Waals surface area contributed by atoms with Crippen LogP contribution in [-0.2, 0) is 6.54 Å². The van der Waals surface area contributed by atoms with E-state index in [-0.39, 0.29) is 5.75 Å². The molecule has 78 valence electrons. The van der Waals surface area contributed by atoms with Crippen LogP contribution in [0.5, 0.6) is 11.5 Å². The van der Waals surface area contributed by atoms with E-state index in [1.54, 1.807) is 13.2 Å². The SMILES string of the molecule is COc1cc(Cn2cccc2)ccc1O. The highest BCUT2D eigenvalue weighted by molar-refractivity contribution is 5.41. The van der Waals surface area contributed by atoms with Crippen molar-refractivity contribution < 1.29 is 9.84 Å². The van der Waals surface area contributed by atoms with Gasteiger partial charge in [0.2, 0.25) is 0 Å². The molecule has 1 N–H and O–H groups in total. The summed E-state index contributed by atoms with van der Waals surface area (Å²) in [5.41, 5.74) is 1.10. The summed E-state index contributed by atoms with van der Waals surface area (Å²) in [4.78, 5) is 0. The highest BCUT2D eigenvalue weighted by Gasteiger charge is 2.02. The van der Waals surface area contributed by atoms with E-state index in [1.165, 1.54) is 0 Å². The third kappa shape index (κ3) is 2.13. The number of hydrogen-bond donors (Lipinski definition) is 1. The van der Waals surface area contributed by atoms with Crippen LogP contribution in [0.15, 0.2) is 42.7 Å². The first-order valence-electron chi connectivity index (χ1n) is 4.76. The number of aromatic hydroxyl groups is 1. The molecule has 0 unspecified atom stereocenters.